The van der Waals surface area contributed by atoms with Crippen LogP contribution in [0.5, 0.6) is 0 Å². The minimum atomic E-state index is -3.50. The van der Waals surface area contributed by atoms with Gasteiger partial charge in [0.05, 0.1) is 17.0 Å². The minimum absolute atomic E-state index is 0.0273. The summed E-state index contributed by atoms with van der Waals surface area (Å²) in [5, 5.41) is 6.28. The molecule has 0 spiro atoms. The maximum atomic E-state index is 12.9. The van der Waals surface area contributed by atoms with E-state index in [9.17, 15) is 18.0 Å². The zero-order valence-corrected chi connectivity index (χ0v) is 20.5. The highest BCUT2D eigenvalue weighted by molar-refractivity contribution is 7.88. The zero-order chi connectivity index (χ0) is 24.0. The molecule has 2 amide bonds. The van der Waals surface area contributed by atoms with Crippen LogP contribution in [-0.2, 0) is 20.6 Å². The Labute approximate surface area is 200 Å². The van der Waals surface area contributed by atoms with Crippen LogP contribution in [0, 0.1) is 5.92 Å². The molecule has 1 fully saturated rings. The molecule has 178 valence electrons. The van der Waals surface area contributed by atoms with Gasteiger partial charge in [-0.05, 0) is 56.0 Å². The number of anilines is 1. The van der Waals surface area contributed by atoms with Gasteiger partial charge >= 0.3 is 0 Å². The van der Waals surface area contributed by atoms with E-state index < -0.39 is 10.0 Å². The number of carbonyl (C=O) groups is 2. The van der Waals surface area contributed by atoms with Gasteiger partial charge in [-0.15, -0.1) is 0 Å². The van der Waals surface area contributed by atoms with E-state index >= 15 is 0 Å². The molecule has 1 aliphatic heterocycles. The predicted octanol–water partition coefficient (Wildman–Crippen LogP) is 4.05. The van der Waals surface area contributed by atoms with Crippen LogP contribution in [0.4, 0.5) is 5.69 Å². The quantitative estimate of drug-likeness (QED) is 0.582. The van der Waals surface area contributed by atoms with E-state index in [1.807, 2.05) is 13.8 Å². The normalized spacial score (nSPS) is 16.2. The average molecular weight is 492 g/mol. The summed E-state index contributed by atoms with van der Waals surface area (Å²) >= 11 is 5.96. The Bertz CT molecular complexity index is 1100. The number of para-hydroxylation sites is 1. The van der Waals surface area contributed by atoms with Gasteiger partial charge in [0.25, 0.3) is 5.91 Å². The SMILES string of the molecule is CCC(C)NC(=O)c1ccccc1NC(=O)C1CCN(S(=O)(=O)Cc2cccc(Cl)c2)CC1. The molecule has 7 nitrogen and oxygen atoms in total. The molecule has 0 aromatic heterocycles. The summed E-state index contributed by atoms with van der Waals surface area (Å²) in [4.78, 5) is 25.5. The minimum Gasteiger partial charge on any atom is -0.350 e. The van der Waals surface area contributed by atoms with Crippen LogP contribution in [0.25, 0.3) is 0 Å². The van der Waals surface area contributed by atoms with Crippen LogP contribution in [0.2, 0.25) is 5.02 Å². The third kappa shape index (κ3) is 6.79. The Kier molecular flexibility index (Phi) is 8.51. The fourth-order valence-corrected chi connectivity index (χ4v) is 5.52. The van der Waals surface area contributed by atoms with Crippen LogP contribution in [-0.4, -0.2) is 43.7 Å². The number of piperidine rings is 1. The van der Waals surface area contributed by atoms with Gasteiger partial charge in [-0.2, -0.15) is 0 Å². The first kappa shape index (κ1) is 25.2. The van der Waals surface area contributed by atoms with Gasteiger partial charge in [-0.1, -0.05) is 42.8 Å². The summed E-state index contributed by atoms with van der Waals surface area (Å²) in [6.07, 6.45) is 1.64. The van der Waals surface area contributed by atoms with E-state index in [1.165, 1.54) is 4.31 Å². The molecule has 1 saturated heterocycles. The molecule has 1 heterocycles. The lowest BCUT2D eigenvalue weighted by molar-refractivity contribution is -0.120. The van der Waals surface area contributed by atoms with Crippen molar-refractivity contribution in [2.24, 2.45) is 5.92 Å². The highest BCUT2D eigenvalue weighted by atomic mass is 35.5. The first-order valence-electron chi connectivity index (χ1n) is 11.1. The maximum Gasteiger partial charge on any atom is 0.253 e. The number of halogens is 1. The number of amides is 2. The Morgan fingerprint density at radius 2 is 1.82 bits per heavy atom. The van der Waals surface area contributed by atoms with Crippen LogP contribution in [0.1, 0.15) is 49.0 Å². The van der Waals surface area contributed by atoms with Gasteiger partial charge in [0, 0.05) is 30.1 Å². The highest BCUT2D eigenvalue weighted by Crippen LogP contribution is 2.25. The molecule has 0 bridgehead atoms. The van der Waals surface area contributed by atoms with Crippen molar-refractivity contribution in [3.05, 3.63) is 64.7 Å². The Morgan fingerprint density at radius 3 is 2.48 bits per heavy atom. The van der Waals surface area contributed by atoms with E-state index in [0.717, 1.165) is 6.42 Å². The smallest absolute Gasteiger partial charge is 0.253 e. The summed E-state index contributed by atoms with van der Waals surface area (Å²) in [5.74, 6) is -0.885. The van der Waals surface area contributed by atoms with Crippen LogP contribution in [0.15, 0.2) is 48.5 Å². The summed E-state index contributed by atoms with van der Waals surface area (Å²) < 4.78 is 27.0. The second kappa shape index (κ2) is 11.1. The number of hydrogen-bond donors (Lipinski definition) is 2. The molecule has 2 aromatic rings. The second-order valence-electron chi connectivity index (χ2n) is 8.38. The van der Waals surface area contributed by atoms with Crippen LogP contribution >= 0.6 is 11.6 Å². The van der Waals surface area contributed by atoms with Gasteiger partial charge < -0.3 is 10.6 Å². The first-order chi connectivity index (χ1) is 15.7. The molecule has 1 atom stereocenters. The number of nitrogens with one attached hydrogen (secondary N) is 2. The number of hydrogen-bond acceptors (Lipinski definition) is 4. The van der Waals surface area contributed by atoms with Gasteiger partial charge in [-0.25, -0.2) is 12.7 Å². The van der Waals surface area contributed by atoms with Crippen molar-refractivity contribution in [3.63, 3.8) is 0 Å². The molecule has 2 aromatic carbocycles. The van der Waals surface area contributed by atoms with E-state index in [4.69, 9.17) is 11.6 Å². The van der Waals surface area contributed by atoms with Gasteiger partial charge in [0.15, 0.2) is 0 Å². The lowest BCUT2D eigenvalue weighted by atomic mass is 9.97. The van der Waals surface area contributed by atoms with Crippen molar-refractivity contribution in [2.45, 2.75) is 44.9 Å². The third-order valence-electron chi connectivity index (χ3n) is 5.88. The first-order valence-corrected chi connectivity index (χ1v) is 13.1. The van der Waals surface area contributed by atoms with E-state index in [0.29, 0.717) is 34.7 Å². The van der Waals surface area contributed by atoms with Crippen molar-refractivity contribution in [1.82, 2.24) is 9.62 Å². The summed E-state index contributed by atoms with van der Waals surface area (Å²) in [7, 11) is -3.50. The maximum absolute atomic E-state index is 12.9. The van der Waals surface area contributed by atoms with Gasteiger partial charge in [0.2, 0.25) is 15.9 Å². The molecule has 1 aliphatic rings. The largest absolute Gasteiger partial charge is 0.350 e. The van der Waals surface area contributed by atoms with Crippen molar-refractivity contribution in [1.29, 1.82) is 0 Å². The van der Waals surface area contributed by atoms with E-state index in [-0.39, 0.29) is 42.6 Å². The number of benzene rings is 2. The molecule has 0 saturated carbocycles. The zero-order valence-electron chi connectivity index (χ0n) is 18.9. The lowest BCUT2D eigenvalue weighted by Crippen LogP contribution is -2.42. The monoisotopic (exact) mass is 491 g/mol. The molecule has 1 unspecified atom stereocenters. The Hall–Kier alpha value is -2.42. The average Bonchev–Trinajstić information content (AvgIpc) is 2.79. The summed E-state index contributed by atoms with van der Waals surface area (Å²) in [5.41, 5.74) is 1.50. The number of nitrogens with zero attached hydrogens (tertiary/aromatic N) is 1. The fourth-order valence-electron chi connectivity index (χ4n) is 3.75. The standard InChI is InChI=1S/C24H30ClN3O4S/c1-3-17(2)26-24(30)21-9-4-5-10-22(21)27-23(29)19-11-13-28(14-12-19)33(31,32)16-18-7-6-8-20(25)15-18/h4-10,15,17,19H,3,11-14,16H2,1-2H3,(H,26,30)(H,27,29). The molecular weight excluding hydrogens is 462 g/mol. The molecule has 0 radical (unpaired) electrons. The van der Waals surface area contributed by atoms with Crippen LogP contribution < -0.4 is 10.6 Å². The fraction of sp³-hybridized carbons (Fsp3) is 0.417. The molecule has 0 aliphatic carbocycles. The molecule has 3 rings (SSSR count). The second-order valence-corrected chi connectivity index (χ2v) is 10.8. The van der Waals surface area contributed by atoms with Crippen molar-refractivity contribution in [3.8, 4) is 0 Å². The number of carbonyl (C=O) groups excluding carboxylic acids is 2. The van der Waals surface area contributed by atoms with Gasteiger partial charge in [-0.3, -0.25) is 9.59 Å². The number of rotatable bonds is 8. The Morgan fingerprint density at radius 1 is 1.12 bits per heavy atom. The molecule has 33 heavy (non-hydrogen) atoms. The van der Waals surface area contributed by atoms with Crippen molar-refractivity contribution in [2.75, 3.05) is 18.4 Å². The topological polar surface area (TPSA) is 95.6 Å². The van der Waals surface area contributed by atoms with Crippen molar-refractivity contribution < 1.29 is 18.0 Å². The third-order valence-corrected chi connectivity index (χ3v) is 7.96. The number of sulfonamides is 1. The van der Waals surface area contributed by atoms with Crippen LogP contribution in [0.3, 0.4) is 0 Å². The lowest BCUT2D eigenvalue weighted by Gasteiger charge is -2.30. The predicted molar refractivity (Wildman–Crippen MR) is 131 cm³/mol. The van der Waals surface area contributed by atoms with E-state index in [2.05, 4.69) is 10.6 Å². The molecule has 9 heteroatoms. The summed E-state index contributed by atoms with van der Waals surface area (Å²) in [6.45, 7) is 4.46. The van der Waals surface area contributed by atoms with Crippen molar-refractivity contribution >= 4 is 39.1 Å². The molecule has 2 N–H and O–H groups in total. The van der Waals surface area contributed by atoms with E-state index in [1.54, 1.807) is 48.5 Å². The Balaban J connectivity index is 1.59. The van der Waals surface area contributed by atoms with Gasteiger partial charge in [0.1, 0.15) is 0 Å². The molecular formula is C24H30ClN3O4S. The summed E-state index contributed by atoms with van der Waals surface area (Å²) in [6, 6.07) is 13.7. The highest BCUT2D eigenvalue weighted by Gasteiger charge is 2.31.